The number of para-hydroxylation sites is 1. The van der Waals surface area contributed by atoms with Crippen LogP contribution in [0.5, 0.6) is 0 Å². The highest BCUT2D eigenvalue weighted by Crippen LogP contribution is 2.39. The Bertz CT molecular complexity index is 1260. The van der Waals surface area contributed by atoms with E-state index in [0.29, 0.717) is 28.2 Å². The monoisotopic (exact) mass is 463 g/mol. The number of nitrogens with one attached hydrogen (secondary N) is 1. The van der Waals surface area contributed by atoms with Crippen molar-refractivity contribution in [2.75, 3.05) is 10.8 Å². The van der Waals surface area contributed by atoms with Gasteiger partial charge < -0.3 is 4.98 Å². The molecule has 3 aromatic heterocycles. The predicted molar refractivity (Wildman–Crippen MR) is 121 cm³/mol. The number of nitrogens with zero attached hydrogens (tertiary/aromatic N) is 2. The van der Waals surface area contributed by atoms with Crippen LogP contribution in [-0.2, 0) is 15.9 Å². The molecule has 1 N–H and O–H groups in total. The van der Waals surface area contributed by atoms with E-state index in [9.17, 15) is 8.42 Å². The Morgan fingerprint density at radius 3 is 2.79 bits per heavy atom. The summed E-state index contributed by atoms with van der Waals surface area (Å²) in [7, 11) is -3.61. The van der Waals surface area contributed by atoms with Gasteiger partial charge in [-0.15, -0.1) is 34.3 Å². The van der Waals surface area contributed by atoms with Crippen LogP contribution in [0.15, 0.2) is 52.2 Å². The van der Waals surface area contributed by atoms with E-state index in [2.05, 4.69) is 9.97 Å². The minimum atomic E-state index is -3.61. The number of alkyl halides is 1. The lowest BCUT2D eigenvalue weighted by Gasteiger charge is -2.24. The number of anilines is 1. The zero-order chi connectivity index (χ0) is 20.0. The molecule has 5 rings (SSSR count). The fourth-order valence-corrected chi connectivity index (χ4v) is 6.96. The molecule has 0 aliphatic heterocycles. The minimum absolute atomic E-state index is 0.369. The molecular formula is C20H18ClN3O2S3. The lowest BCUT2D eigenvalue weighted by atomic mass is 10.2. The van der Waals surface area contributed by atoms with E-state index in [1.54, 1.807) is 28.0 Å². The van der Waals surface area contributed by atoms with Gasteiger partial charge in [0.05, 0.1) is 22.8 Å². The van der Waals surface area contributed by atoms with Gasteiger partial charge in [0.25, 0.3) is 10.0 Å². The quantitative estimate of drug-likeness (QED) is 0.357. The number of thiophene rings is 1. The van der Waals surface area contributed by atoms with Crippen molar-refractivity contribution in [2.24, 2.45) is 5.92 Å². The van der Waals surface area contributed by atoms with Crippen LogP contribution in [-0.4, -0.2) is 24.9 Å². The number of rotatable bonds is 7. The second-order valence-electron chi connectivity index (χ2n) is 7.10. The van der Waals surface area contributed by atoms with Gasteiger partial charge in [-0.05, 0) is 42.3 Å². The number of fused-ring (bicyclic) bond motifs is 1. The van der Waals surface area contributed by atoms with E-state index in [-0.39, 0.29) is 0 Å². The second kappa shape index (κ2) is 7.43. The number of aromatic nitrogens is 2. The molecule has 3 heterocycles. The van der Waals surface area contributed by atoms with Gasteiger partial charge in [-0.25, -0.2) is 13.4 Å². The van der Waals surface area contributed by atoms with Gasteiger partial charge in [0, 0.05) is 23.0 Å². The maximum absolute atomic E-state index is 13.4. The highest BCUT2D eigenvalue weighted by atomic mass is 35.5. The molecule has 0 saturated heterocycles. The third-order valence-corrected chi connectivity index (χ3v) is 9.61. The summed E-state index contributed by atoms with van der Waals surface area (Å²) in [5.41, 5.74) is 2.36. The largest absolute Gasteiger partial charge is 0.351 e. The van der Waals surface area contributed by atoms with Gasteiger partial charge in [-0.2, -0.15) is 0 Å². The molecule has 1 aliphatic rings. The van der Waals surface area contributed by atoms with Crippen molar-refractivity contribution in [1.29, 1.82) is 0 Å². The Morgan fingerprint density at radius 1 is 1.24 bits per heavy atom. The van der Waals surface area contributed by atoms with Gasteiger partial charge in [-0.3, -0.25) is 4.31 Å². The molecule has 0 amide bonds. The normalized spacial score (nSPS) is 14.5. The van der Waals surface area contributed by atoms with Crippen molar-refractivity contribution in [1.82, 2.24) is 9.97 Å². The van der Waals surface area contributed by atoms with Crippen molar-refractivity contribution in [3.8, 4) is 10.7 Å². The van der Waals surface area contributed by atoms with Crippen molar-refractivity contribution in [2.45, 2.75) is 22.9 Å². The summed E-state index contributed by atoms with van der Waals surface area (Å²) in [6.45, 7) is 0.501. The predicted octanol–water partition coefficient (Wildman–Crippen LogP) is 5.70. The SMILES string of the molecule is O=S(=O)(c1cccs1)N(CC1CC1)c1cccc2cc(-c3ncc(CCl)s3)[nH]c12. The molecule has 29 heavy (non-hydrogen) atoms. The maximum atomic E-state index is 13.4. The van der Waals surface area contributed by atoms with Gasteiger partial charge in [0.2, 0.25) is 0 Å². The van der Waals surface area contributed by atoms with E-state index in [0.717, 1.165) is 39.3 Å². The second-order valence-corrected chi connectivity index (χ2v) is 11.5. The highest BCUT2D eigenvalue weighted by molar-refractivity contribution is 7.94. The van der Waals surface area contributed by atoms with E-state index >= 15 is 0 Å². The topological polar surface area (TPSA) is 66.1 Å². The van der Waals surface area contributed by atoms with Crippen LogP contribution in [0.4, 0.5) is 5.69 Å². The van der Waals surface area contributed by atoms with Gasteiger partial charge in [-0.1, -0.05) is 18.2 Å². The molecule has 0 atom stereocenters. The summed E-state index contributed by atoms with van der Waals surface area (Å²) < 4.78 is 28.8. The van der Waals surface area contributed by atoms with E-state index in [4.69, 9.17) is 11.6 Å². The number of H-pyrrole nitrogens is 1. The molecule has 4 aromatic rings. The van der Waals surface area contributed by atoms with Gasteiger partial charge in [0.1, 0.15) is 9.22 Å². The smallest absolute Gasteiger partial charge is 0.273 e. The Balaban J connectivity index is 1.63. The molecule has 0 unspecified atom stereocenters. The van der Waals surface area contributed by atoms with Crippen LogP contribution in [0.1, 0.15) is 17.7 Å². The molecule has 150 valence electrons. The third-order valence-electron chi connectivity index (χ3n) is 4.98. The zero-order valence-corrected chi connectivity index (χ0v) is 18.5. The average Bonchev–Trinajstić information content (AvgIpc) is 3.14. The zero-order valence-electron chi connectivity index (χ0n) is 15.3. The Hall–Kier alpha value is -1.87. The van der Waals surface area contributed by atoms with E-state index < -0.39 is 10.0 Å². The Kier molecular flexibility index (Phi) is 4.90. The summed E-state index contributed by atoms with van der Waals surface area (Å²) in [5, 5.41) is 3.60. The lowest BCUT2D eigenvalue weighted by molar-refractivity contribution is 0.590. The van der Waals surface area contributed by atoms with Crippen LogP contribution >= 0.6 is 34.3 Å². The van der Waals surface area contributed by atoms with Crippen molar-refractivity contribution < 1.29 is 8.42 Å². The Morgan fingerprint density at radius 2 is 2.10 bits per heavy atom. The fraction of sp³-hybridized carbons (Fsp3) is 0.250. The fourth-order valence-electron chi connectivity index (χ4n) is 3.34. The van der Waals surface area contributed by atoms with Crippen LogP contribution in [0.25, 0.3) is 21.6 Å². The molecule has 1 fully saturated rings. The van der Waals surface area contributed by atoms with E-state index in [1.165, 1.54) is 22.7 Å². The standard InChI is InChI=1S/C20H18ClN3O2S3/c21-10-15-11-22-20(28-15)16-9-14-3-1-4-17(19(14)23-16)24(12-13-6-7-13)29(25,26)18-5-2-8-27-18/h1-5,8-9,11,13,23H,6-7,10,12H2. The first-order valence-corrected chi connectivity index (χ1v) is 12.9. The number of aromatic amines is 1. The van der Waals surface area contributed by atoms with Crippen molar-refractivity contribution in [3.05, 3.63) is 52.9 Å². The summed E-state index contributed by atoms with van der Waals surface area (Å²) in [6, 6.07) is 11.2. The average molecular weight is 464 g/mol. The molecule has 0 spiro atoms. The molecular weight excluding hydrogens is 446 g/mol. The first-order valence-electron chi connectivity index (χ1n) is 9.25. The third kappa shape index (κ3) is 3.59. The molecule has 5 nitrogen and oxygen atoms in total. The minimum Gasteiger partial charge on any atom is -0.351 e. The van der Waals surface area contributed by atoms with Crippen LogP contribution in [0.2, 0.25) is 0 Å². The number of thiazole rings is 1. The van der Waals surface area contributed by atoms with Crippen LogP contribution < -0.4 is 4.31 Å². The molecule has 1 aromatic carbocycles. The summed E-state index contributed by atoms with van der Waals surface area (Å²) >= 11 is 8.70. The van der Waals surface area contributed by atoms with E-state index in [1.807, 2.05) is 24.3 Å². The van der Waals surface area contributed by atoms with Crippen LogP contribution in [0, 0.1) is 5.92 Å². The molecule has 1 aliphatic carbocycles. The first-order chi connectivity index (χ1) is 14.1. The van der Waals surface area contributed by atoms with Crippen LogP contribution in [0.3, 0.4) is 0 Å². The summed E-state index contributed by atoms with van der Waals surface area (Å²) in [4.78, 5) is 8.86. The number of hydrogen-bond acceptors (Lipinski definition) is 5. The maximum Gasteiger partial charge on any atom is 0.273 e. The summed E-state index contributed by atoms with van der Waals surface area (Å²) in [6.07, 6.45) is 3.92. The van der Waals surface area contributed by atoms with Gasteiger partial charge >= 0.3 is 0 Å². The number of benzene rings is 1. The van der Waals surface area contributed by atoms with Gasteiger partial charge in [0.15, 0.2) is 0 Å². The first kappa shape index (κ1) is 19.1. The number of sulfonamides is 1. The highest BCUT2D eigenvalue weighted by Gasteiger charge is 2.33. The molecule has 0 radical (unpaired) electrons. The summed E-state index contributed by atoms with van der Waals surface area (Å²) in [5.74, 6) is 0.844. The van der Waals surface area contributed by atoms with Crippen molar-refractivity contribution >= 4 is 60.9 Å². The number of halogens is 1. The Labute approximate surface area is 182 Å². The molecule has 0 bridgehead atoms. The van der Waals surface area contributed by atoms with Crippen molar-refractivity contribution in [3.63, 3.8) is 0 Å². The molecule has 1 saturated carbocycles. The lowest BCUT2D eigenvalue weighted by Crippen LogP contribution is -2.32. The number of hydrogen-bond donors (Lipinski definition) is 1. The molecule has 9 heteroatoms.